The molecule has 1 heterocycles. The van der Waals surface area contributed by atoms with Crippen LogP contribution in [0.25, 0.3) is 0 Å². The van der Waals surface area contributed by atoms with Crippen molar-refractivity contribution in [1.82, 2.24) is 5.32 Å². The summed E-state index contributed by atoms with van der Waals surface area (Å²) in [7, 11) is 0. The molecule has 2 atom stereocenters. The van der Waals surface area contributed by atoms with Gasteiger partial charge in [0, 0.05) is 19.2 Å². The van der Waals surface area contributed by atoms with Gasteiger partial charge in [0.2, 0.25) is 0 Å². The molecule has 3 heteroatoms. The molecule has 3 nitrogen and oxygen atoms in total. The third-order valence-corrected chi connectivity index (χ3v) is 2.85. The second-order valence-corrected chi connectivity index (χ2v) is 4.78. The van der Waals surface area contributed by atoms with Crippen LogP contribution < -0.4 is 5.32 Å². The van der Waals surface area contributed by atoms with E-state index < -0.39 is 0 Å². The van der Waals surface area contributed by atoms with Gasteiger partial charge in [0.05, 0.1) is 12.2 Å². The van der Waals surface area contributed by atoms with E-state index in [4.69, 9.17) is 4.74 Å². The molecular formula is C12H25NO2. The Kier molecular flexibility index (Phi) is 6.22. The monoisotopic (exact) mass is 215 g/mol. The van der Waals surface area contributed by atoms with Crippen LogP contribution in [0.1, 0.15) is 46.0 Å². The summed E-state index contributed by atoms with van der Waals surface area (Å²) >= 11 is 0. The molecule has 0 saturated carbocycles. The molecule has 0 radical (unpaired) electrons. The van der Waals surface area contributed by atoms with E-state index in [2.05, 4.69) is 19.2 Å². The summed E-state index contributed by atoms with van der Waals surface area (Å²) in [5.41, 5.74) is 0. The molecule has 1 aliphatic heterocycles. The molecule has 0 spiro atoms. The van der Waals surface area contributed by atoms with Gasteiger partial charge in [-0.15, -0.1) is 0 Å². The number of hydrogen-bond acceptors (Lipinski definition) is 3. The molecule has 2 N–H and O–H groups in total. The first-order valence-electron chi connectivity index (χ1n) is 6.21. The number of aliphatic hydroxyl groups is 1. The summed E-state index contributed by atoms with van der Waals surface area (Å²) in [6.45, 7) is 5.84. The van der Waals surface area contributed by atoms with E-state index in [9.17, 15) is 5.11 Å². The van der Waals surface area contributed by atoms with Gasteiger partial charge in [0.1, 0.15) is 0 Å². The standard InChI is InChI=1S/C12H25NO2/c1-10(2)13-9-11(14)5-3-6-12-7-4-8-15-12/h10-14H,3-9H2,1-2H3. The number of hydrogen-bond donors (Lipinski definition) is 2. The van der Waals surface area contributed by atoms with Gasteiger partial charge in [0.25, 0.3) is 0 Å². The molecular weight excluding hydrogens is 190 g/mol. The van der Waals surface area contributed by atoms with Gasteiger partial charge in [-0.1, -0.05) is 13.8 Å². The molecule has 1 rings (SSSR count). The predicted octanol–water partition coefficient (Wildman–Crippen LogP) is 1.69. The van der Waals surface area contributed by atoms with Crippen LogP contribution in [0, 0.1) is 0 Å². The number of aliphatic hydroxyl groups excluding tert-OH is 1. The van der Waals surface area contributed by atoms with Gasteiger partial charge in [-0.2, -0.15) is 0 Å². The minimum atomic E-state index is -0.200. The molecule has 0 bridgehead atoms. The molecule has 0 aromatic heterocycles. The second-order valence-electron chi connectivity index (χ2n) is 4.78. The van der Waals surface area contributed by atoms with Crippen molar-refractivity contribution in [1.29, 1.82) is 0 Å². The molecule has 90 valence electrons. The Labute approximate surface area is 93.2 Å². The van der Waals surface area contributed by atoms with Crippen LogP contribution >= 0.6 is 0 Å². The molecule has 1 aliphatic rings. The Morgan fingerprint density at radius 2 is 2.27 bits per heavy atom. The van der Waals surface area contributed by atoms with E-state index in [0.29, 0.717) is 18.7 Å². The van der Waals surface area contributed by atoms with Gasteiger partial charge in [0.15, 0.2) is 0 Å². The Balaban J connectivity index is 1.93. The molecule has 15 heavy (non-hydrogen) atoms. The molecule has 1 fully saturated rings. The second kappa shape index (κ2) is 7.20. The highest BCUT2D eigenvalue weighted by atomic mass is 16.5. The number of nitrogens with one attached hydrogen (secondary N) is 1. The van der Waals surface area contributed by atoms with Crippen molar-refractivity contribution in [3.8, 4) is 0 Å². The van der Waals surface area contributed by atoms with E-state index in [1.54, 1.807) is 0 Å². The van der Waals surface area contributed by atoms with E-state index in [1.807, 2.05) is 0 Å². The van der Waals surface area contributed by atoms with Crippen molar-refractivity contribution in [2.24, 2.45) is 0 Å². The fourth-order valence-electron chi connectivity index (χ4n) is 1.93. The molecule has 0 aliphatic carbocycles. The lowest BCUT2D eigenvalue weighted by Gasteiger charge is -2.15. The number of rotatable bonds is 7. The van der Waals surface area contributed by atoms with Crippen molar-refractivity contribution < 1.29 is 9.84 Å². The zero-order chi connectivity index (χ0) is 11.1. The first-order chi connectivity index (χ1) is 7.18. The fraction of sp³-hybridized carbons (Fsp3) is 1.00. The van der Waals surface area contributed by atoms with Crippen LogP contribution in [0.5, 0.6) is 0 Å². The summed E-state index contributed by atoms with van der Waals surface area (Å²) in [6, 6.07) is 0.456. The average Bonchev–Trinajstić information content (AvgIpc) is 2.67. The van der Waals surface area contributed by atoms with Crippen molar-refractivity contribution >= 4 is 0 Å². The van der Waals surface area contributed by atoms with Crippen LogP contribution in [0.4, 0.5) is 0 Å². The topological polar surface area (TPSA) is 41.5 Å². The lowest BCUT2D eigenvalue weighted by atomic mass is 10.1. The largest absolute Gasteiger partial charge is 0.392 e. The predicted molar refractivity (Wildman–Crippen MR) is 62.0 cm³/mol. The van der Waals surface area contributed by atoms with Crippen LogP contribution in [-0.4, -0.2) is 36.5 Å². The van der Waals surface area contributed by atoms with Crippen LogP contribution in [-0.2, 0) is 4.74 Å². The van der Waals surface area contributed by atoms with Crippen molar-refractivity contribution in [2.45, 2.75) is 64.2 Å². The Bertz CT molecular complexity index is 156. The average molecular weight is 215 g/mol. The van der Waals surface area contributed by atoms with Crippen molar-refractivity contribution in [3.63, 3.8) is 0 Å². The van der Waals surface area contributed by atoms with Gasteiger partial charge in [-0.05, 0) is 32.1 Å². The molecule has 0 aromatic rings. The van der Waals surface area contributed by atoms with Crippen LogP contribution in [0.15, 0.2) is 0 Å². The summed E-state index contributed by atoms with van der Waals surface area (Å²) in [5, 5.41) is 12.9. The van der Waals surface area contributed by atoms with E-state index >= 15 is 0 Å². The van der Waals surface area contributed by atoms with E-state index in [-0.39, 0.29) is 6.10 Å². The highest BCUT2D eigenvalue weighted by Gasteiger charge is 2.15. The van der Waals surface area contributed by atoms with E-state index in [0.717, 1.165) is 25.9 Å². The van der Waals surface area contributed by atoms with Crippen LogP contribution in [0.2, 0.25) is 0 Å². The third-order valence-electron chi connectivity index (χ3n) is 2.85. The normalized spacial score (nSPS) is 23.6. The van der Waals surface area contributed by atoms with Gasteiger partial charge in [-0.3, -0.25) is 0 Å². The molecule has 0 aromatic carbocycles. The highest BCUT2D eigenvalue weighted by molar-refractivity contribution is 4.67. The fourth-order valence-corrected chi connectivity index (χ4v) is 1.93. The van der Waals surface area contributed by atoms with Gasteiger partial charge in [-0.25, -0.2) is 0 Å². The highest BCUT2D eigenvalue weighted by Crippen LogP contribution is 2.18. The third kappa shape index (κ3) is 6.13. The minimum Gasteiger partial charge on any atom is -0.392 e. The molecule has 0 amide bonds. The lowest BCUT2D eigenvalue weighted by Crippen LogP contribution is -2.31. The van der Waals surface area contributed by atoms with Crippen LogP contribution in [0.3, 0.4) is 0 Å². The Morgan fingerprint density at radius 3 is 2.87 bits per heavy atom. The quantitative estimate of drug-likeness (QED) is 0.679. The maximum Gasteiger partial charge on any atom is 0.0664 e. The summed E-state index contributed by atoms with van der Waals surface area (Å²) in [5.74, 6) is 0. The molecule has 2 unspecified atom stereocenters. The Hall–Kier alpha value is -0.120. The van der Waals surface area contributed by atoms with Gasteiger partial charge < -0.3 is 15.2 Å². The Morgan fingerprint density at radius 1 is 1.47 bits per heavy atom. The summed E-state index contributed by atoms with van der Waals surface area (Å²) in [6.07, 6.45) is 5.76. The maximum absolute atomic E-state index is 9.67. The van der Waals surface area contributed by atoms with Crippen molar-refractivity contribution in [2.75, 3.05) is 13.2 Å². The molecule has 1 saturated heterocycles. The zero-order valence-corrected chi connectivity index (χ0v) is 10.0. The minimum absolute atomic E-state index is 0.200. The summed E-state index contributed by atoms with van der Waals surface area (Å²) < 4.78 is 5.54. The zero-order valence-electron chi connectivity index (χ0n) is 10.0. The smallest absolute Gasteiger partial charge is 0.0664 e. The lowest BCUT2D eigenvalue weighted by molar-refractivity contribution is 0.0940. The first-order valence-corrected chi connectivity index (χ1v) is 6.21. The summed E-state index contributed by atoms with van der Waals surface area (Å²) in [4.78, 5) is 0. The first kappa shape index (κ1) is 12.9. The van der Waals surface area contributed by atoms with Gasteiger partial charge >= 0.3 is 0 Å². The van der Waals surface area contributed by atoms with E-state index in [1.165, 1.54) is 12.8 Å². The number of ether oxygens (including phenoxy) is 1. The SMILES string of the molecule is CC(C)NCC(O)CCCC1CCCO1. The maximum atomic E-state index is 9.67. The van der Waals surface area contributed by atoms with Crippen molar-refractivity contribution in [3.05, 3.63) is 0 Å².